The smallest absolute Gasteiger partial charge is 0.178 e. The zero-order chi connectivity index (χ0) is 15.0. The minimum atomic E-state index is -3.28. The fourth-order valence-corrected chi connectivity index (χ4v) is 5.09. The molecule has 0 aliphatic carbocycles. The molecule has 1 atom stereocenters. The van der Waals surface area contributed by atoms with E-state index in [0.717, 1.165) is 0 Å². The SMILES string of the molecule is Cc1ccsc1CNC1CCS(=O)(=O)c2ccc(F)cc21. The van der Waals surface area contributed by atoms with Crippen LogP contribution >= 0.6 is 11.3 Å². The molecule has 0 saturated carbocycles. The van der Waals surface area contributed by atoms with Crippen LogP contribution in [0.15, 0.2) is 34.5 Å². The number of thiophene rings is 1. The number of nitrogens with one attached hydrogen (secondary N) is 1. The predicted molar refractivity (Wildman–Crippen MR) is 81.7 cm³/mol. The van der Waals surface area contributed by atoms with Crippen LogP contribution in [0.1, 0.15) is 28.5 Å². The third-order valence-corrected chi connectivity index (χ3v) is 6.67. The Hall–Kier alpha value is -1.24. The number of benzene rings is 1. The fourth-order valence-electron chi connectivity index (χ4n) is 2.63. The van der Waals surface area contributed by atoms with E-state index in [9.17, 15) is 12.8 Å². The van der Waals surface area contributed by atoms with Crippen molar-refractivity contribution in [2.75, 3.05) is 5.75 Å². The molecule has 3 rings (SSSR count). The molecule has 2 heterocycles. The molecule has 1 aliphatic rings. The lowest BCUT2D eigenvalue weighted by Gasteiger charge is -2.26. The molecule has 1 aromatic carbocycles. The van der Waals surface area contributed by atoms with E-state index in [1.54, 1.807) is 11.3 Å². The maximum absolute atomic E-state index is 13.5. The van der Waals surface area contributed by atoms with Crippen LogP contribution in [-0.2, 0) is 16.4 Å². The zero-order valence-corrected chi connectivity index (χ0v) is 13.2. The van der Waals surface area contributed by atoms with Crippen LogP contribution in [0.5, 0.6) is 0 Å². The second kappa shape index (κ2) is 5.51. The first kappa shape index (κ1) is 14.7. The van der Waals surface area contributed by atoms with Crippen molar-refractivity contribution in [1.82, 2.24) is 5.32 Å². The number of hydrogen-bond donors (Lipinski definition) is 1. The predicted octanol–water partition coefficient (Wildman–Crippen LogP) is 3.20. The Balaban J connectivity index is 1.88. The number of hydrogen-bond acceptors (Lipinski definition) is 4. The van der Waals surface area contributed by atoms with Crippen molar-refractivity contribution >= 4 is 21.2 Å². The van der Waals surface area contributed by atoms with Gasteiger partial charge in [-0.3, -0.25) is 0 Å². The Labute approximate surface area is 127 Å². The van der Waals surface area contributed by atoms with Crippen LogP contribution in [0.3, 0.4) is 0 Å². The lowest BCUT2D eigenvalue weighted by Crippen LogP contribution is -2.29. The molecule has 0 amide bonds. The van der Waals surface area contributed by atoms with Crippen molar-refractivity contribution < 1.29 is 12.8 Å². The minimum absolute atomic E-state index is 0.104. The first-order chi connectivity index (χ1) is 9.97. The molecule has 1 aliphatic heterocycles. The van der Waals surface area contributed by atoms with E-state index in [1.807, 2.05) is 12.3 Å². The topological polar surface area (TPSA) is 46.2 Å². The van der Waals surface area contributed by atoms with Crippen LogP contribution in [-0.4, -0.2) is 14.2 Å². The summed E-state index contributed by atoms with van der Waals surface area (Å²) in [5.74, 6) is -0.294. The third-order valence-electron chi connectivity index (χ3n) is 3.83. The van der Waals surface area contributed by atoms with E-state index in [0.29, 0.717) is 18.5 Å². The third kappa shape index (κ3) is 2.88. The molecule has 1 N–H and O–H groups in total. The number of halogens is 1. The number of aryl methyl sites for hydroxylation is 1. The summed E-state index contributed by atoms with van der Waals surface area (Å²) in [6.07, 6.45) is 0.475. The molecule has 112 valence electrons. The van der Waals surface area contributed by atoms with Crippen LogP contribution < -0.4 is 5.32 Å². The van der Waals surface area contributed by atoms with Gasteiger partial charge in [0.25, 0.3) is 0 Å². The van der Waals surface area contributed by atoms with Gasteiger partial charge in [-0.05, 0) is 54.1 Å². The Morgan fingerprint density at radius 1 is 1.38 bits per heavy atom. The van der Waals surface area contributed by atoms with Gasteiger partial charge in [-0.15, -0.1) is 11.3 Å². The Morgan fingerprint density at radius 3 is 2.90 bits per heavy atom. The van der Waals surface area contributed by atoms with Crippen LogP contribution in [0.25, 0.3) is 0 Å². The molecule has 1 unspecified atom stereocenters. The standard InChI is InChI=1S/C15H16FNO2S2/c1-10-4-6-20-14(10)9-17-13-5-7-21(18,19)15-3-2-11(16)8-12(13)15/h2-4,6,8,13,17H,5,7,9H2,1H3. The molecular weight excluding hydrogens is 309 g/mol. The highest BCUT2D eigenvalue weighted by Gasteiger charge is 2.30. The molecular formula is C15H16FNO2S2. The second-order valence-electron chi connectivity index (χ2n) is 5.25. The Morgan fingerprint density at radius 2 is 2.19 bits per heavy atom. The summed E-state index contributed by atoms with van der Waals surface area (Å²) < 4.78 is 37.6. The lowest BCUT2D eigenvalue weighted by atomic mass is 10.0. The van der Waals surface area contributed by atoms with Crippen LogP contribution in [0, 0.1) is 12.7 Å². The average molecular weight is 325 g/mol. The first-order valence-corrected chi connectivity index (χ1v) is 9.29. The maximum atomic E-state index is 13.5. The van der Waals surface area contributed by atoms with Gasteiger partial charge < -0.3 is 5.32 Å². The summed E-state index contributed by atoms with van der Waals surface area (Å²) in [7, 11) is -3.28. The quantitative estimate of drug-likeness (QED) is 0.882. The van der Waals surface area contributed by atoms with E-state index in [1.165, 1.54) is 28.6 Å². The molecule has 2 aromatic rings. The van der Waals surface area contributed by atoms with E-state index >= 15 is 0 Å². The molecule has 0 bridgehead atoms. The van der Waals surface area contributed by atoms with Crippen molar-refractivity contribution in [1.29, 1.82) is 0 Å². The zero-order valence-electron chi connectivity index (χ0n) is 11.6. The van der Waals surface area contributed by atoms with Gasteiger partial charge in [0.1, 0.15) is 5.82 Å². The highest BCUT2D eigenvalue weighted by molar-refractivity contribution is 7.91. The highest BCUT2D eigenvalue weighted by atomic mass is 32.2. The van der Waals surface area contributed by atoms with Gasteiger partial charge in [0.05, 0.1) is 10.6 Å². The maximum Gasteiger partial charge on any atom is 0.178 e. The van der Waals surface area contributed by atoms with Gasteiger partial charge in [-0.25, -0.2) is 12.8 Å². The van der Waals surface area contributed by atoms with Gasteiger partial charge in [-0.1, -0.05) is 0 Å². The van der Waals surface area contributed by atoms with E-state index in [4.69, 9.17) is 0 Å². The van der Waals surface area contributed by atoms with Gasteiger partial charge >= 0.3 is 0 Å². The Kier molecular flexibility index (Phi) is 3.86. The first-order valence-electron chi connectivity index (χ1n) is 6.76. The largest absolute Gasteiger partial charge is 0.305 e. The number of sulfone groups is 1. The van der Waals surface area contributed by atoms with Crippen molar-refractivity contribution in [2.45, 2.75) is 30.8 Å². The van der Waals surface area contributed by atoms with Crippen LogP contribution in [0.2, 0.25) is 0 Å². The summed E-state index contributed by atoms with van der Waals surface area (Å²) in [6.45, 7) is 2.72. The van der Waals surface area contributed by atoms with Crippen molar-refractivity contribution in [3.8, 4) is 0 Å². The van der Waals surface area contributed by atoms with Gasteiger partial charge in [0, 0.05) is 17.5 Å². The molecule has 0 saturated heterocycles. The lowest BCUT2D eigenvalue weighted by molar-refractivity contribution is 0.488. The Bertz CT molecular complexity index is 768. The minimum Gasteiger partial charge on any atom is -0.305 e. The summed E-state index contributed by atoms with van der Waals surface area (Å²) in [5, 5.41) is 5.40. The summed E-state index contributed by atoms with van der Waals surface area (Å²) in [4.78, 5) is 1.48. The highest BCUT2D eigenvalue weighted by Crippen LogP contribution is 2.33. The molecule has 3 nitrogen and oxygen atoms in total. The summed E-state index contributed by atoms with van der Waals surface area (Å²) >= 11 is 1.67. The van der Waals surface area contributed by atoms with E-state index in [-0.39, 0.29) is 16.7 Å². The van der Waals surface area contributed by atoms with Gasteiger partial charge in [-0.2, -0.15) is 0 Å². The summed E-state index contributed by atoms with van der Waals surface area (Å²) in [5.41, 5.74) is 1.77. The number of fused-ring (bicyclic) bond motifs is 1. The van der Waals surface area contributed by atoms with Gasteiger partial charge in [0.2, 0.25) is 0 Å². The van der Waals surface area contributed by atoms with Crippen molar-refractivity contribution in [3.63, 3.8) is 0 Å². The summed E-state index contributed by atoms with van der Waals surface area (Å²) in [6, 6.07) is 5.86. The van der Waals surface area contributed by atoms with Crippen molar-refractivity contribution in [3.05, 3.63) is 51.5 Å². The fraction of sp³-hybridized carbons (Fsp3) is 0.333. The molecule has 0 spiro atoms. The van der Waals surface area contributed by atoms with E-state index in [2.05, 4.69) is 11.4 Å². The molecule has 21 heavy (non-hydrogen) atoms. The van der Waals surface area contributed by atoms with Gasteiger partial charge in [0.15, 0.2) is 9.84 Å². The van der Waals surface area contributed by atoms with Crippen LogP contribution in [0.4, 0.5) is 4.39 Å². The molecule has 1 aromatic heterocycles. The number of rotatable bonds is 3. The second-order valence-corrected chi connectivity index (χ2v) is 8.33. The molecule has 0 fully saturated rings. The molecule has 6 heteroatoms. The average Bonchev–Trinajstić information content (AvgIpc) is 2.83. The monoisotopic (exact) mass is 325 g/mol. The normalized spacial score (nSPS) is 20.2. The molecule has 0 radical (unpaired) electrons. The van der Waals surface area contributed by atoms with Crippen molar-refractivity contribution in [2.24, 2.45) is 0 Å². The van der Waals surface area contributed by atoms with E-state index < -0.39 is 15.7 Å².